The lowest BCUT2D eigenvalue weighted by Gasteiger charge is -2.43. The molecule has 3 aliphatic heterocycles. The molecular weight excluding hydrogens is 456 g/mol. The molecule has 0 bridgehead atoms. The van der Waals surface area contributed by atoms with Crippen molar-refractivity contribution in [2.45, 2.75) is 58.0 Å². The van der Waals surface area contributed by atoms with Crippen molar-refractivity contribution in [3.63, 3.8) is 0 Å². The predicted octanol–water partition coefficient (Wildman–Crippen LogP) is 2.55. The van der Waals surface area contributed by atoms with Crippen LogP contribution >= 0.6 is 0 Å². The van der Waals surface area contributed by atoms with Crippen molar-refractivity contribution in [3.05, 3.63) is 52.8 Å². The van der Waals surface area contributed by atoms with Gasteiger partial charge in [0.2, 0.25) is 0 Å². The third kappa shape index (κ3) is 4.27. The van der Waals surface area contributed by atoms with Gasteiger partial charge < -0.3 is 19.2 Å². The smallest absolute Gasteiger partial charge is 0.410 e. The van der Waals surface area contributed by atoms with Crippen molar-refractivity contribution in [3.8, 4) is 0 Å². The van der Waals surface area contributed by atoms with Crippen molar-refractivity contribution in [2.75, 3.05) is 13.1 Å². The van der Waals surface area contributed by atoms with E-state index in [1.165, 1.54) is 18.2 Å². The Morgan fingerprint density at radius 2 is 1.69 bits per heavy atom. The molecule has 0 unspecified atom stereocenters. The minimum atomic E-state index is -0.907. The van der Waals surface area contributed by atoms with E-state index in [4.69, 9.17) is 14.3 Å². The molecule has 0 saturated carbocycles. The molecule has 35 heavy (non-hydrogen) atoms. The standard InChI is InChI=1S/C24H26N4O7/c1-23(2,3)34-22(32)26-10-8-24(9-11-26)14-27-15(13-33-24)12-18(25-27)21(31)35-28-19(29)16-6-4-5-7-17(16)20(28)30/h4-7,12H,8-11,13-14H2,1-3H3. The maximum atomic E-state index is 12.7. The average Bonchev–Trinajstić information content (AvgIpc) is 3.33. The van der Waals surface area contributed by atoms with Crippen molar-refractivity contribution < 1.29 is 33.5 Å². The number of aromatic nitrogens is 2. The number of carbonyl (C=O) groups excluding carboxylic acids is 4. The van der Waals surface area contributed by atoms with Crippen LogP contribution in [-0.4, -0.2) is 67.9 Å². The molecule has 4 heterocycles. The Kier molecular flexibility index (Phi) is 5.39. The largest absolute Gasteiger partial charge is 0.444 e. The van der Waals surface area contributed by atoms with Crippen LogP contribution in [0, 0.1) is 0 Å². The summed E-state index contributed by atoms with van der Waals surface area (Å²) < 4.78 is 13.3. The first kappa shape index (κ1) is 23.0. The number of hydrogen-bond donors (Lipinski definition) is 0. The highest BCUT2D eigenvalue weighted by molar-refractivity contribution is 6.21. The fourth-order valence-electron chi connectivity index (χ4n) is 4.46. The number of ether oxygens (including phenoxy) is 2. The van der Waals surface area contributed by atoms with Gasteiger partial charge in [-0.15, -0.1) is 0 Å². The molecule has 1 fully saturated rings. The number of fused-ring (bicyclic) bond motifs is 2. The summed E-state index contributed by atoms with van der Waals surface area (Å²) in [5.41, 5.74) is -0.0514. The Bertz CT molecular complexity index is 1190. The van der Waals surface area contributed by atoms with Crippen molar-refractivity contribution in [1.29, 1.82) is 0 Å². The third-order valence-electron chi connectivity index (χ3n) is 6.29. The summed E-state index contributed by atoms with van der Waals surface area (Å²) in [6.45, 7) is 7.11. The second-order valence-electron chi connectivity index (χ2n) is 9.95. The molecule has 184 valence electrons. The second kappa shape index (κ2) is 8.19. The molecule has 1 saturated heterocycles. The topological polar surface area (TPSA) is 120 Å². The van der Waals surface area contributed by atoms with Gasteiger partial charge >= 0.3 is 12.1 Å². The first-order valence-electron chi connectivity index (χ1n) is 11.4. The molecular formula is C24H26N4O7. The molecule has 11 heteroatoms. The number of carbonyl (C=O) groups is 4. The zero-order valence-corrected chi connectivity index (χ0v) is 19.8. The van der Waals surface area contributed by atoms with Gasteiger partial charge in [0.15, 0.2) is 5.69 Å². The van der Waals surface area contributed by atoms with Crippen LogP contribution in [0.1, 0.15) is 70.5 Å². The van der Waals surface area contributed by atoms with Gasteiger partial charge in [0.1, 0.15) is 5.60 Å². The van der Waals surface area contributed by atoms with Gasteiger partial charge in [-0.25, -0.2) is 9.59 Å². The normalized spacial score (nSPS) is 18.9. The molecule has 2 aromatic rings. The predicted molar refractivity (Wildman–Crippen MR) is 119 cm³/mol. The SMILES string of the molecule is CC(C)(C)OC(=O)N1CCC2(CC1)Cn1nc(C(=O)ON3C(=O)c4ccccc4C3=O)cc1CO2. The van der Waals surface area contributed by atoms with Gasteiger partial charge in [0, 0.05) is 13.1 Å². The number of hydrogen-bond acceptors (Lipinski definition) is 8. The quantitative estimate of drug-likeness (QED) is 0.599. The molecule has 0 N–H and O–H groups in total. The highest BCUT2D eigenvalue weighted by atomic mass is 16.7. The average molecular weight is 482 g/mol. The molecule has 1 aromatic heterocycles. The summed E-state index contributed by atoms with van der Waals surface area (Å²) in [6, 6.07) is 7.80. The maximum Gasteiger partial charge on any atom is 0.410 e. The Morgan fingerprint density at radius 3 is 2.29 bits per heavy atom. The fraction of sp³-hybridized carbons (Fsp3) is 0.458. The molecule has 3 aliphatic rings. The molecule has 5 rings (SSSR count). The van der Waals surface area contributed by atoms with Gasteiger partial charge in [-0.05, 0) is 51.8 Å². The van der Waals surface area contributed by atoms with E-state index < -0.39 is 29.0 Å². The lowest BCUT2D eigenvalue weighted by atomic mass is 9.90. The Balaban J connectivity index is 1.23. The Morgan fingerprint density at radius 1 is 1.06 bits per heavy atom. The third-order valence-corrected chi connectivity index (χ3v) is 6.29. The summed E-state index contributed by atoms with van der Waals surface area (Å²) in [7, 11) is 0. The number of amides is 3. The monoisotopic (exact) mass is 482 g/mol. The number of likely N-dealkylation sites (tertiary alicyclic amines) is 1. The molecule has 1 aromatic carbocycles. The van der Waals surface area contributed by atoms with E-state index >= 15 is 0 Å². The van der Waals surface area contributed by atoms with Gasteiger partial charge in [-0.3, -0.25) is 14.3 Å². The van der Waals surface area contributed by atoms with Crippen LogP contribution in [-0.2, 0) is 27.5 Å². The van der Waals surface area contributed by atoms with Crippen LogP contribution in [0.25, 0.3) is 0 Å². The highest BCUT2D eigenvalue weighted by Gasteiger charge is 2.43. The van der Waals surface area contributed by atoms with E-state index in [2.05, 4.69) is 5.10 Å². The molecule has 3 amide bonds. The van der Waals surface area contributed by atoms with Crippen LogP contribution < -0.4 is 0 Å². The number of nitrogens with zero attached hydrogens (tertiary/aromatic N) is 4. The van der Waals surface area contributed by atoms with Crippen molar-refractivity contribution >= 4 is 23.9 Å². The number of piperidine rings is 1. The second-order valence-corrected chi connectivity index (χ2v) is 9.95. The van der Waals surface area contributed by atoms with Crippen LogP contribution in [0.2, 0.25) is 0 Å². The summed E-state index contributed by atoms with van der Waals surface area (Å²) in [5.74, 6) is -2.29. The highest BCUT2D eigenvalue weighted by Crippen LogP contribution is 2.34. The minimum Gasteiger partial charge on any atom is -0.444 e. The van der Waals surface area contributed by atoms with E-state index in [9.17, 15) is 19.2 Å². The van der Waals surface area contributed by atoms with Crippen LogP contribution in [0.5, 0.6) is 0 Å². The Hall–Kier alpha value is -3.73. The molecule has 0 radical (unpaired) electrons. The van der Waals surface area contributed by atoms with E-state index in [0.29, 0.717) is 43.2 Å². The molecule has 0 atom stereocenters. The van der Waals surface area contributed by atoms with Crippen LogP contribution in [0.3, 0.4) is 0 Å². The minimum absolute atomic E-state index is 0.0246. The molecule has 11 nitrogen and oxygen atoms in total. The van der Waals surface area contributed by atoms with E-state index in [1.54, 1.807) is 21.7 Å². The fourth-order valence-corrected chi connectivity index (χ4v) is 4.46. The lowest BCUT2D eigenvalue weighted by molar-refractivity contribution is -0.122. The van der Waals surface area contributed by atoms with Gasteiger partial charge in [0.25, 0.3) is 11.8 Å². The maximum absolute atomic E-state index is 12.7. The number of imide groups is 1. The number of rotatable bonds is 2. The number of hydroxylamine groups is 2. The van der Waals surface area contributed by atoms with Gasteiger partial charge in [-0.1, -0.05) is 17.2 Å². The van der Waals surface area contributed by atoms with Crippen molar-refractivity contribution in [1.82, 2.24) is 19.7 Å². The summed E-state index contributed by atoms with van der Waals surface area (Å²) in [4.78, 5) is 56.8. The Labute approximate surface area is 201 Å². The van der Waals surface area contributed by atoms with Gasteiger partial charge in [0.05, 0.1) is 35.6 Å². The van der Waals surface area contributed by atoms with E-state index in [-0.39, 0.29) is 29.5 Å². The van der Waals surface area contributed by atoms with Crippen LogP contribution in [0.15, 0.2) is 30.3 Å². The van der Waals surface area contributed by atoms with Gasteiger partial charge in [-0.2, -0.15) is 5.10 Å². The summed E-state index contributed by atoms with van der Waals surface area (Å²) >= 11 is 0. The summed E-state index contributed by atoms with van der Waals surface area (Å²) in [5, 5.41) is 4.82. The molecule has 0 aliphatic carbocycles. The zero-order valence-electron chi connectivity index (χ0n) is 19.8. The zero-order chi connectivity index (χ0) is 25.0. The first-order chi connectivity index (χ1) is 16.6. The summed E-state index contributed by atoms with van der Waals surface area (Å²) in [6.07, 6.45) is 0.849. The lowest BCUT2D eigenvalue weighted by Crippen LogP contribution is -2.52. The number of benzene rings is 1. The molecule has 1 spiro atoms. The van der Waals surface area contributed by atoms with E-state index in [0.717, 1.165) is 0 Å². The van der Waals surface area contributed by atoms with Crippen molar-refractivity contribution in [2.24, 2.45) is 0 Å². The first-order valence-corrected chi connectivity index (χ1v) is 11.4. The van der Waals surface area contributed by atoms with Crippen LogP contribution in [0.4, 0.5) is 4.79 Å². The van der Waals surface area contributed by atoms with E-state index in [1.807, 2.05) is 20.8 Å².